The maximum Gasteiger partial charge on any atom is 0.143 e. The molecular weight excluding hydrogens is 871 g/mol. The van der Waals surface area contributed by atoms with E-state index in [2.05, 4.69) is 267 Å². The van der Waals surface area contributed by atoms with Crippen LogP contribution in [0.25, 0.3) is 88.7 Å². The van der Waals surface area contributed by atoms with Gasteiger partial charge in [-0.25, -0.2) is 0 Å². The Bertz CT molecular complexity index is 4150. The zero-order valence-corrected chi connectivity index (χ0v) is 40.0. The molecule has 0 saturated heterocycles. The van der Waals surface area contributed by atoms with Crippen molar-refractivity contribution in [2.45, 2.75) is 24.7 Å². The third-order valence-corrected chi connectivity index (χ3v) is 16.3. The molecular formula is C70H47NO. The first-order chi connectivity index (χ1) is 35.5. The van der Waals surface area contributed by atoms with E-state index in [-0.39, 0.29) is 5.41 Å². The molecule has 3 aliphatic rings. The summed E-state index contributed by atoms with van der Waals surface area (Å²) in [6, 6.07) is 92.0. The van der Waals surface area contributed by atoms with Gasteiger partial charge in [0, 0.05) is 38.7 Å². The second kappa shape index (κ2) is 15.3. The van der Waals surface area contributed by atoms with Crippen LogP contribution in [0.1, 0.15) is 47.2 Å². The molecule has 0 amide bonds. The number of rotatable bonds is 6. The molecule has 1 spiro atoms. The topological polar surface area (TPSA) is 16.4 Å². The van der Waals surface area contributed by atoms with Crippen molar-refractivity contribution in [1.29, 1.82) is 0 Å². The fraction of sp³-hybridized carbons (Fsp3) is 0.0571. The average molecular weight is 918 g/mol. The van der Waals surface area contributed by atoms with Gasteiger partial charge in [-0.2, -0.15) is 0 Å². The predicted octanol–water partition coefficient (Wildman–Crippen LogP) is 18.7. The van der Waals surface area contributed by atoms with Crippen LogP contribution in [-0.4, -0.2) is 0 Å². The van der Waals surface area contributed by atoms with Gasteiger partial charge in [0.05, 0.1) is 11.1 Å². The molecule has 2 heteroatoms. The lowest BCUT2D eigenvalue weighted by molar-refractivity contribution is 0.660. The molecule has 3 aliphatic carbocycles. The van der Waals surface area contributed by atoms with E-state index in [0.29, 0.717) is 0 Å². The Hall–Kier alpha value is -8.98. The number of para-hydroxylation sites is 2. The Morgan fingerprint density at radius 3 is 1.58 bits per heavy atom. The number of anilines is 3. The van der Waals surface area contributed by atoms with E-state index in [1.165, 1.54) is 72.3 Å². The normalized spacial score (nSPS) is 13.9. The second-order valence-electron chi connectivity index (χ2n) is 20.3. The van der Waals surface area contributed by atoms with Crippen LogP contribution in [0.15, 0.2) is 253 Å². The van der Waals surface area contributed by atoms with Gasteiger partial charge in [-0.1, -0.05) is 220 Å². The van der Waals surface area contributed by atoms with Crippen molar-refractivity contribution in [1.82, 2.24) is 0 Å². The molecule has 0 radical (unpaired) electrons. The smallest absolute Gasteiger partial charge is 0.143 e. The van der Waals surface area contributed by atoms with Gasteiger partial charge in [-0.3, -0.25) is 0 Å². The summed E-state index contributed by atoms with van der Waals surface area (Å²) in [6.07, 6.45) is 0. The zero-order valence-electron chi connectivity index (χ0n) is 40.0. The molecule has 0 N–H and O–H groups in total. The summed E-state index contributed by atoms with van der Waals surface area (Å²) in [4.78, 5) is 2.48. The van der Waals surface area contributed by atoms with Crippen molar-refractivity contribution in [2.24, 2.45) is 0 Å². The first-order valence-corrected chi connectivity index (χ1v) is 25.2. The highest BCUT2D eigenvalue weighted by Crippen LogP contribution is 2.64. The summed E-state index contributed by atoms with van der Waals surface area (Å²) in [5.74, 6) is 0. The molecule has 338 valence electrons. The summed E-state index contributed by atoms with van der Waals surface area (Å²) in [5, 5.41) is 2.28. The van der Waals surface area contributed by atoms with Gasteiger partial charge in [-0.05, 0) is 131 Å². The van der Waals surface area contributed by atoms with Crippen molar-refractivity contribution in [3.8, 4) is 66.8 Å². The van der Waals surface area contributed by atoms with Crippen molar-refractivity contribution in [3.63, 3.8) is 0 Å². The summed E-state index contributed by atoms with van der Waals surface area (Å²) in [6.45, 7) is 4.73. The number of benzene rings is 11. The van der Waals surface area contributed by atoms with Gasteiger partial charge in [-0.15, -0.1) is 0 Å². The lowest BCUT2D eigenvalue weighted by Crippen LogP contribution is -2.25. The van der Waals surface area contributed by atoms with Crippen LogP contribution in [0.5, 0.6) is 0 Å². The first-order valence-electron chi connectivity index (χ1n) is 25.2. The highest BCUT2D eigenvalue weighted by molar-refractivity contribution is 6.18. The highest BCUT2D eigenvalue weighted by Gasteiger charge is 2.52. The van der Waals surface area contributed by atoms with Gasteiger partial charge >= 0.3 is 0 Å². The molecule has 0 bridgehead atoms. The highest BCUT2D eigenvalue weighted by atomic mass is 16.3. The van der Waals surface area contributed by atoms with E-state index in [0.717, 1.165) is 66.8 Å². The van der Waals surface area contributed by atoms with Crippen molar-refractivity contribution in [3.05, 3.63) is 282 Å². The Kier molecular flexibility index (Phi) is 8.66. The molecule has 12 aromatic rings. The number of hydrogen-bond donors (Lipinski definition) is 0. The zero-order chi connectivity index (χ0) is 47.7. The summed E-state index contributed by atoms with van der Waals surface area (Å²) in [5.41, 5.74) is 26.9. The van der Waals surface area contributed by atoms with Crippen LogP contribution in [0.4, 0.5) is 17.1 Å². The summed E-state index contributed by atoms with van der Waals surface area (Å²) in [7, 11) is 0. The fourth-order valence-electron chi connectivity index (χ4n) is 13.2. The second-order valence-corrected chi connectivity index (χ2v) is 20.3. The summed E-state index contributed by atoms with van der Waals surface area (Å²) < 4.78 is 7.25. The maximum atomic E-state index is 7.25. The Labute approximate surface area is 419 Å². The molecule has 11 aromatic carbocycles. The van der Waals surface area contributed by atoms with Crippen LogP contribution in [0.3, 0.4) is 0 Å². The number of hydrogen-bond acceptors (Lipinski definition) is 2. The average Bonchev–Trinajstić information content (AvgIpc) is 4.14. The Morgan fingerprint density at radius 1 is 0.333 bits per heavy atom. The Morgan fingerprint density at radius 2 is 0.875 bits per heavy atom. The van der Waals surface area contributed by atoms with E-state index in [9.17, 15) is 0 Å². The molecule has 0 atom stereocenters. The van der Waals surface area contributed by atoms with Crippen LogP contribution >= 0.6 is 0 Å². The van der Waals surface area contributed by atoms with Gasteiger partial charge in [0.1, 0.15) is 11.2 Å². The van der Waals surface area contributed by atoms with Crippen molar-refractivity contribution in [2.75, 3.05) is 4.90 Å². The minimum Gasteiger partial charge on any atom is -0.455 e. The molecule has 15 rings (SSSR count). The first kappa shape index (κ1) is 40.9. The van der Waals surface area contributed by atoms with Crippen LogP contribution < -0.4 is 4.90 Å². The molecule has 0 fully saturated rings. The SMILES string of the molecule is CC1(C)c2ccccc2-c2ccc(N(c3cc(-c4ccccc4)cc(-c4cccc5c4oc4ccc6c(c45)-c4ccccc4C64c5ccccc5-c5ccccc54)c3)c3ccccc3-c3ccccc3)cc21. The third kappa shape index (κ3) is 5.61. The molecule has 0 saturated carbocycles. The van der Waals surface area contributed by atoms with E-state index < -0.39 is 5.41 Å². The lowest BCUT2D eigenvalue weighted by atomic mass is 9.70. The van der Waals surface area contributed by atoms with E-state index in [1.807, 2.05) is 0 Å². The van der Waals surface area contributed by atoms with E-state index in [4.69, 9.17) is 4.42 Å². The number of nitrogens with zero attached hydrogens (tertiary/aromatic N) is 1. The molecule has 0 unspecified atom stereocenters. The molecule has 1 aromatic heterocycles. The molecule has 1 heterocycles. The standard InChI is InChI=1S/C70H47NO/c1-69(2)58-31-14-9-25-52(58)55-37-36-48(43-63(55)69)71(64-35-18-13-24-50(64)45-22-7-4-8-23-45)49-41-46(44-20-5-3-6-21-44)40-47(42-49)51-29-19-30-57-67-65(72-68(51)57)39-38-62-66(67)56-28-12-17-34-61(56)70(62)59-32-15-10-26-53(59)54-27-11-16-33-60(54)70/h3-43H,1-2H3. The van der Waals surface area contributed by atoms with Crippen molar-refractivity contribution >= 4 is 39.0 Å². The fourth-order valence-corrected chi connectivity index (χ4v) is 13.2. The number of furan rings is 1. The number of fused-ring (bicyclic) bond motifs is 17. The quantitative estimate of drug-likeness (QED) is 0.165. The van der Waals surface area contributed by atoms with Gasteiger partial charge in [0.25, 0.3) is 0 Å². The monoisotopic (exact) mass is 917 g/mol. The van der Waals surface area contributed by atoms with Crippen LogP contribution in [0, 0.1) is 0 Å². The van der Waals surface area contributed by atoms with Crippen LogP contribution in [-0.2, 0) is 10.8 Å². The van der Waals surface area contributed by atoms with Crippen LogP contribution in [0.2, 0.25) is 0 Å². The van der Waals surface area contributed by atoms with Gasteiger partial charge in [0.2, 0.25) is 0 Å². The Balaban J connectivity index is 0.981. The molecule has 2 nitrogen and oxygen atoms in total. The predicted molar refractivity (Wildman–Crippen MR) is 299 cm³/mol. The van der Waals surface area contributed by atoms with E-state index in [1.54, 1.807) is 0 Å². The summed E-state index contributed by atoms with van der Waals surface area (Å²) >= 11 is 0. The van der Waals surface area contributed by atoms with Gasteiger partial charge < -0.3 is 9.32 Å². The van der Waals surface area contributed by atoms with Gasteiger partial charge in [0.15, 0.2) is 0 Å². The third-order valence-electron chi connectivity index (χ3n) is 16.3. The van der Waals surface area contributed by atoms with E-state index >= 15 is 0 Å². The largest absolute Gasteiger partial charge is 0.455 e. The van der Waals surface area contributed by atoms with Crippen molar-refractivity contribution < 1.29 is 4.42 Å². The maximum absolute atomic E-state index is 7.25. The minimum absolute atomic E-state index is 0.175. The molecule has 72 heavy (non-hydrogen) atoms. The minimum atomic E-state index is -0.442. The molecule has 0 aliphatic heterocycles. The lowest BCUT2D eigenvalue weighted by Gasteiger charge is -2.30.